The predicted octanol–water partition coefficient (Wildman–Crippen LogP) is 3.50. The van der Waals surface area contributed by atoms with Gasteiger partial charge in [0.05, 0.1) is 12.2 Å². The fourth-order valence-electron chi connectivity index (χ4n) is 1.84. The van der Waals surface area contributed by atoms with E-state index in [1.54, 1.807) is 0 Å². The summed E-state index contributed by atoms with van der Waals surface area (Å²) in [5, 5.41) is 0. The molecule has 0 N–H and O–H groups in total. The summed E-state index contributed by atoms with van der Waals surface area (Å²) in [6.07, 6.45) is -4.59. The van der Waals surface area contributed by atoms with Gasteiger partial charge in [0, 0.05) is 7.11 Å². The van der Waals surface area contributed by atoms with Gasteiger partial charge in [0.2, 0.25) is 0 Å². The first kappa shape index (κ1) is 19.1. The van der Waals surface area contributed by atoms with Crippen molar-refractivity contribution in [2.45, 2.75) is 11.1 Å². The van der Waals surface area contributed by atoms with Crippen LogP contribution in [0.5, 0.6) is 11.5 Å². The number of benzene rings is 2. The van der Waals surface area contributed by atoms with E-state index in [2.05, 4.69) is 0 Å². The molecule has 0 radical (unpaired) electrons. The second kappa shape index (κ2) is 7.75. The maximum Gasteiger partial charge on any atom is 0.416 e. The van der Waals surface area contributed by atoms with Gasteiger partial charge in [-0.3, -0.25) is 0 Å². The van der Waals surface area contributed by atoms with Crippen molar-refractivity contribution in [3.63, 3.8) is 0 Å². The highest BCUT2D eigenvalue weighted by Gasteiger charge is 2.31. The molecule has 5 nitrogen and oxygen atoms in total. The Labute approximate surface area is 143 Å². The largest absolute Gasteiger partial charge is 0.491 e. The molecule has 0 heterocycles. The minimum absolute atomic E-state index is 0.205. The van der Waals surface area contributed by atoms with Crippen molar-refractivity contribution < 1.29 is 35.2 Å². The summed E-state index contributed by atoms with van der Waals surface area (Å²) in [5.41, 5.74) is -0.998. The van der Waals surface area contributed by atoms with E-state index < -0.39 is 27.6 Å². The molecular formula is C16H15F3O5S. The van der Waals surface area contributed by atoms with Gasteiger partial charge in [-0.1, -0.05) is 6.07 Å². The fourth-order valence-corrected chi connectivity index (χ4v) is 2.77. The fraction of sp³-hybridized carbons (Fsp3) is 0.250. The monoisotopic (exact) mass is 376 g/mol. The van der Waals surface area contributed by atoms with Crippen LogP contribution in [0.3, 0.4) is 0 Å². The molecule has 0 amide bonds. The van der Waals surface area contributed by atoms with E-state index >= 15 is 0 Å². The van der Waals surface area contributed by atoms with Crippen LogP contribution in [0.4, 0.5) is 13.2 Å². The third kappa shape index (κ3) is 5.36. The topological polar surface area (TPSA) is 61.8 Å². The average molecular weight is 376 g/mol. The van der Waals surface area contributed by atoms with Crippen LogP contribution in [0, 0.1) is 0 Å². The Hall–Kier alpha value is -2.26. The van der Waals surface area contributed by atoms with Gasteiger partial charge >= 0.3 is 16.3 Å². The SMILES string of the molecule is COCCOc1ccc(S(=O)(=O)Oc2cccc(C(F)(F)F)c2)cc1. The van der Waals surface area contributed by atoms with Crippen LogP contribution in [0.2, 0.25) is 0 Å². The summed E-state index contributed by atoms with van der Waals surface area (Å²) in [7, 11) is -2.75. The van der Waals surface area contributed by atoms with Crippen molar-refractivity contribution in [2.24, 2.45) is 0 Å². The number of methoxy groups -OCH3 is 1. The minimum atomic E-state index is -4.59. The first-order chi connectivity index (χ1) is 11.7. The summed E-state index contributed by atoms with van der Waals surface area (Å²) >= 11 is 0. The van der Waals surface area contributed by atoms with Gasteiger partial charge in [-0.15, -0.1) is 0 Å². The Morgan fingerprint density at radius 3 is 2.24 bits per heavy atom. The Balaban J connectivity index is 2.14. The molecule has 25 heavy (non-hydrogen) atoms. The summed E-state index contributed by atoms with van der Waals surface area (Å²) in [6.45, 7) is 0.669. The second-order valence-electron chi connectivity index (χ2n) is 4.88. The van der Waals surface area contributed by atoms with Gasteiger partial charge in [0.1, 0.15) is 23.0 Å². The van der Waals surface area contributed by atoms with Gasteiger partial charge < -0.3 is 13.7 Å². The lowest BCUT2D eigenvalue weighted by atomic mass is 10.2. The minimum Gasteiger partial charge on any atom is -0.491 e. The Bertz CT molecular complexity index is 801. The predicted molar refractivity (Wildman–Crippen MR) is 83.1 cm³/mol. The Kier molecular flexibility index (Phi) is 5.91. The van der Waals surface area contributed by atoms with Crippen molar-refractivity contribution in [1.82, 2.24) is 0 Å². The maximum atomic E-state index is 12.7. The van der Waals surface area contributed by atoms with Crippen molar-refractivity contribution in [3.05, 3.63) is 54.1 Å². The number of halogens is 3. The Morgan fingerprint density at radius 2 is 1.64 bits per heavy atom. The zero-order valence-electron chi connectivity index (χ0n) is 13.1. The molecule has 0 atom stereocenters. The molecule has 2 rings (SSSR count). The summed E-state index contributed by atoms with van der Waals surface area (Å²) in [4.78, 5) is -0.205. The van der Waals surface area contributed by atoms with Crippen LogP contribution < -0.4 is 8.92 Å². The number of ether oxygens (including phenoxy) is 2. The standard InChI is InChI=1S/C16H15F3O5S/c1-22-9-10-23-13-5-7-15(8-6-13)25(20,21)24-14-4-2-3-12(11-14)16(17,18)19/h2-8,11H,9-10H2,1H3. The molecule has 0 aromatic heterocycles. The normalized spacial score (nSPS) is 12.0. The molecule has 0 saturated carbocycles. The third-order valence-corrected chi connectivity index (χ3v) is 4.30. The quantitative estimate of drug-likeness (QED) is 0.547. The lowest BCUT2D eigenvalue weighted by Gasteiger charge is -2.11. The molecule has 0 unspecified atom stereocenters. The summed E-state index contributed by atoms with van der Waals surface area (Å²) < 4.78 is 77.2. The molecular weight excluding hydrogens is 361 g/mol. The van der Waals surface area contributed by atoms with Crippen LogP contribution in [0.15, 0.2) is 53.4 Å². The molecule has 2 aromatic carbocycles. The number of rotatable bonds is 7. The van der Waals surface area contributed by atoms with Gasteiger partial charge in [0.15, 0.2) is 0 Å². The summed E-state index contributed by atoms with van der Waals surface area (Å²) in [6, 6.07) is 8.97. The van der Waals surface area contributed by atoms with Crippen LogP contribution >= 0.6 is 0 Å². The number of alkyl halides is 3. The van der Waals surface area contributed by atoms with Gasteiger partial charge in [0.25, 0.3) is 0 Å². The lowest BCUT2D eigenvalue weighted by molar-refractivity contribution is -0.137. The molecule has 0 fully saturated rings. The van der Waals surface area contributed by atoms with Gasteiger partial charge in [-0.2, -0.15) is 21.6 Å². The highest BCUT2D eigenvalue weighted by Crippen LogP contribution is 2.32. The molecule has 0 aliphatic rings. The van der Waals surface area contributed by atoms with Crippen molar-refractivity contribution in [1.29, 1.82) is 0 Å². The molecule has 0 saturated heterocycles. The van der Waals surface area contributed by atoms with Crippen LogP contribution in [0.25, 0.3) is 0 Å². The first-order valence-electron chi connectivity index (χ1n) is 7.06. The Morgan fingerprint density at radius 1 is 0.960 bits per heavy atom. The van der Waals surface area contributed by atoms with E-state index in [1.807, 2.05) is 0 Å². The van der Waals surface area contributed by atoms with Gasteiger partial charge in [-0.25, -0.2) is 0 Å². The molecule has 0 aliphatic carbocycles. The van der Waals surface area contributed by atoms with Crippen molar-refractivity contribution >= 4 is 10.1 Å². The zero-order valence-corrected chi connectivity index (χ0v) is 13.9. The highest BCUT2D eigenvalue weighted by atomic mass is 32.2. The molecule has 2 aromatic rings. The molecule has 0 spiro atoms. The van der Waals surface area contributed by atoms with Crippen molar-refractivity contribution in [3.8, 4) is 11.5 Å². The molecule has 9 heteroatoms. The van der Waals surface area contributed by atoms with Crippen LogP contribution in [0.1, 0.15) is 5.56 Å². The molecule has 0 bridgehead atoms. The lowest BCUT2D eigenvalue weighted by Crippen LogP contribution is -2.11. The average Bonchev–Trinajstić information content (AvgIpc) is 2.55. The van der Waals surface area contributed by atoms with Crippen LogP contribution in [-0.2, 0) is 21.0 Å². The van der Waals surface area contributed by atoms with Crippen molar-refractivity contribution in [2.75, 3.05) is 20.3 Å². The first-order valence-corrected chi connectivity index (χ1v) is 8.47. The maximum absolute atomic E-state index is 12.7. The van der Waals surface area contributed by atoms with E-state index in [4.69, 9.17) is 13.7 Å². The van der Waals surface area contributed by atoms with Gasteiger partial charge in [-0.05, 0) is 42.5 Å². The number of hydrogen-bond acceptors (Lipinski definition) is 5. The third-order valence-electron chi connectivity index (χ3n) is 3.04. The smallest absolute Gasteiger partial charge is 0.416 e. The summed E-state index contributed by atoms with van der Waals surface area (Å²) in [5.74, 6) is 0.00492. The highest BCUT2D eigenvalue weighted by molar-refractivity contribution is 7.87. The van der Waals surface area contributed by atoms with Crippen LogP contribution in [-0.4, -0.2) is 28.7 Å². The molecule has 0 aliphatic heterocycles. The van der Waals surface area contributed by atoms with E-state index in [0.29, 0.717) is 25.0 Å². The van der Waals surface area contributed by atoms with E-state index in [1.165, 1.54) is 31.4 Å². The van der Waals surface area contributed by atoms with E-state index in [9.17, 15) is 21.6 Å². The molecule has 136 valence electrons. The van der Waals surface area contributed by atoms with E-state index in [-0.39, 0.29) is 4.90 Å². The second-order valence-corrected chi connectivity index (χ2v) is 6.42. The van der Waals surface area contributed by atoms with E-state index in [0.717, 1.165) is 18.2 Å². The number of hydrogen-bond donors (Lipinski definition) is 0. The zero-order chi connectivity index (χ0) is 18.5.